The average molecular weight is 508 g/mol. The lowest BCUT2D eigenvalue weighted by Gasteiger charge is -2.15. The van der Waals surface area contributed by atoms with Crippen molar-refractivity contribution >= 4 is 45.8 Å². The molecular formula is C22H19ClINO3. The number of para-hydroxylation sites is 1. The van der Waals surface area contributed by atoms with Crippen LogP contribution in [0, 0.1) is 10.5 Å². The number of benzene rings is 3. The normalized spacial score (nSPS) is 10.4. The lowest BCUT2D eigenvalue weighted by atomic mass is 10.1. The zero-order chi connectivity index (χ0) is 20.1. The molecule has 0 heterocycles. The smallest absolute Gasteiger partial charge is 0.255 e. The first-order valence-electron chi connectivity index (χ1n) is 8.59. The zero-order valence-electron chi connectivity index (χ0n) is 15.5. The van der Waals surface area contributed by atoms with Crippen LogP contribution in [0.15, 0.2) is 60.7 Å². The molecule has 4 nitrogen and oxygen atoms in total. The fourth-order valence-corrected chi connectivity index (χ4v) is 3.38. The second kappa shape index (κ2) is 9.30. The molecular weight excluding hydrogens is 489 g/mol. The van der Waals surface area contributed by atoms with Crippen LogP contribution in [-0.4, -0.2) is 13.0 Å². The maximum absolute atomic E-state index is 12.6. The van der Waals surface area contributed by atoms with E-state index in [4.69, 9.17) is 21.1 Å². The number of carbonyl (C=O) groups is 1. The van der Waals surface area contributed by atoms with E-state index in [-0.39, 0.29) is 5.91 Å². The van der Waals surface area contributed by atoms with E-state index in [1.165, 1.54) is 12.7 Å². The fraction of sp³-hybridized carbons (Fsp3) is 0.136. The van der Waals surface area contributed by atoms with E-state index in [1.54, 1.807) is 12.1 Å². The van der Waals surface area contributed by atoms with Crippen LogP contribution >= 0.6 is 34.2 Å². The van der Waals surface area contributed by atoms with Crippen molar-refractivity contribution in [2.75, 3.05) is 12.4 Å². The van der Waals surface area contributed by atoms with E-state index in [0.29, 0.717) is 28.7 Å². The van der Waals surface area contributed by atoms with E-state index in [1.807, 2.05) is 55.5 Å². The molecule has 0 radical (unpaired) electrons. The van der Waals surface area contributed by atoms with Crippen molar-refractivity contribution in [1.82, 2.24) is 0 Å². The topological polar surface area (TPSA) is 47.6 Å². The first-order valence-corrected chi connectivity index (χ1v) is 10.1. The fourth-order valence-electron chi connectivity index (χ4n) is 2.59. The summed E-state index contributed by atoms with van der Waals surface area (Å²) >= 11 is 8.57. The Balaban J connectivity index is 1.79. The lowest BCUT2D eigenvalue weighted by molar-refractivity contribution is 0.102. The number of hydrogen-bond donors (Lipinski definition) is 1. The SMILES string of the molecule is COc1cc(C(=O)Nc2ccccc2I)cc(Cl)c1OCc1ccc(C)cc1. The van der Waals surface area contributed by atoms with Gasteiger partial charge in [0.2, 0.25) is 0 Å². The Morgan fingerprint density at radius 2 is 1.82 bits per heavy atom. The molecule has 0 saturated heterocycles. The van der Waals surface area contributed by atoms with Gasteiger partial charge in [0.15, 0.2) is 11.5 Å². The molecule has 0 saturated carbocycles. The summed E-state index contributed by atoms with van der Waals surface area (Å²) < 4.78 is 12.2. The standard InChI is InChI=1S/C22H19ClINO3/c1-14-7-9-15(10-8-14)13-28-21-17(23)11-16(12-20(21)27-2)22(26)25-19-6-4-3-5-18(19)24/h3-12H,13H2,1-2H3,(H,25,26). The van der Waals surface area contributed by atoms with Gasteiger partial charge in [0.25, 0.3) is 5.91 Å². The van der Waals surface area contributed by atoms with Crippen LogP contribution < -0.4 is 14.8 Å². The predicted molar refractivity (Wildman–Crippen MR) is 121 cm³/mol. The van der Waals surface area contributed by atoms with Crippen molar-refractivity contribution in [2.24, 2.45) is 0 Å². The molecule has 1 N–H and O–H groups in total. The van der Waals surface area contributed by atoms with Crippen molar-refractivity contribution < 1.29 is 14.3 Å². The van der Waals surface area contributed by atoms with Crippen LogP contribution in [0.5, 0.6) is 11.5 Å². The second-order valence-electron chi connectivity index (χ2n) is 6.20. The van der Waals surface area contributed by atoms with Gasteiger partial charge in [0.1, 0.15) is 6.61 Å². The van der Waals surface area contributed by atoms with Gasteiger partial charge in [-0.15, -0.1) is 0 Å². The summed E-state index contributed by atoms with van der Waals surface area (Å²) in [5.74, 6) is 0.553. The number of nitrogens with one attached hydrogen (secondary N) is 1. The van der Waals surface area contributed by atoms with Crippen molar-refractivity contribution in [3.05, 3.63) is 85.9 Å². The van der Waals surface area contributed by atoms with Crippen molar-refractivity contribution in [1.29, 1.82) is 0 Å². The first-order chi connectivity index (χ1) is 13.5. The van der Waals surface area contributed by atoms with Gasteiger partial charge in [-0.05, 0) is 59.3 Å². The number of carbonyl (C=O) groups excluding carboxylic acids is 1. The monoisotopic (exact) mass is 507 g/mol. The van der Waals surface area contributed by atoms with E-state index in [9.17, 15) is 4.79 Å². The minimum absolute atomic E-state index is 0.269. The molecule has 3 aromatic carbocycles. The van der Waals surface area contributed by atoms with E-state index in [2.05, 4.69) is 27.9 Å². The Bertz CT molecular complexity index is 990. The summed E-state index contributed by atoms with van der Waals surface area (Å²) in [5.41, 5.74) is 3.33. The minimum atomic E-state index is -0.269. The number of methoxy groups -OCH3 is 1. The molecule has 0 aliphatic heterocycles. The van der Waals surface area contributed by atoms with Crippen LogP contribution in [0.1, 0.15) is 21.5 Å². The number of aryl methyl sites for hydroxylation is 1. The quantitative estimate of drug-likeness (QED) is 0.411. The van der Waals surface area contributed by atoms with Gasteiger partial charge in [-0.25, -0.2) is 0 Å². The molecule has 3 aromatic rings. The molecule has 0 atom stereocenters. The van der Waals surface area contributed by atoms with Gasteiger partial charge in [0.05, 0.1) is 17.8 Å². The summed E-state index contributed by atoms with van der Waals surface area (Å²) in [5, 5.41) is 3.21. The number of amides is 1. The van der Waals surface area contributed by atoms with Gasteiger partial charge in [-0.1, -0.05) is 53.6 Å². The number of hydrogen-bond acceptors (Lipinski definition) is 3. The van der Waals surface area contributed by atoms with Crippen molar-refractivity contribution in [3.8, 4) is 11.5 Å². The van der Waals surface area contributed by atoms with Gasteiger partial charge in [-0.2, -0.15) is 0 Å². The lowest BCUT2D eigenvalue weighted by Crippen LogP contribution is -2.13. The van der Waals surface area contributed by atoms with Crippen molar-refractivity contribution in [2.45, 2.75) is 13.5 Å². The summed E-state index contributed by atoms with van der Waals surface area (Å²) in [6.45, 7) is 2.38. The third kappa shape index (κ3) is 4.97. The molecule has 0 aromatic heterocycles. The molecule has 144 valence electrons. The van der Waals surface area contributed by atoms with Gasteiger partial charge >= 0.3 is 0 Å². The van der Waals surface area contributed by atoms with E-state index < -0.39 is 0 Å². The summed E-state index contributed by atoms with van der Waals surface area (Å²) in [7, 11) is 1.52. The Hall–Kier alpha value is -2.25. The molecule has 0 unspecified atom stereocenters. The number of ether oxygens (including phenoxy) is 2. The Morgan fingerprint density at radius 1 is 1.11 bits per heavy atom. The highest BCUT2D eigenvalue weighted by atomic mass is 127. The second-order valence-corrected chi connectivity index (χ2v) is 7.77. The minimum Gasteiger partial charge on any atom is -0.493 e. The number of rotatable bonds is 6. The molecule has 0 bridgehead atoms. The van der Waals surface area contributed by atoms with Gasteiger partial charge < -0.3 is 14.8 Å². The first kappa shape index (κ1) is 20.5. The van der Waals surface area contributed by atoms with E-state index >= 15 is 0 Å². The zero-order valence-corrected chi connectivity index (χ0v) is 18.4. The van der Waals surface area contributed by atoms with Crippen LogP contribution in [0.25, 0.3) is 0 Å². The maximum atomic E-state index is 12.6. The van der Waals surface area contributed by atoms with Crippen LogP contribution in [0.2, 0.25) is 5.02 Å². The predicted octanol–water partition coefficient (Wildman–Crippen LogP) is 6.09. The highest BCUT2D eigenvalue weighted by molar-refractivity contribution is 14.1. The van der Waals surface area contributed by atoms with Gasteiger partial charge in [0, 0.05) is 9.13 Å². The molecule has 0 fully saturated rings. The summed E-state index contributed by atoms with van der Waals surface area (Å²) in [4.78, 5) is 12.6. The third-order valence-electron chi connectivity index (χ3n) is 4.12. The summed E-state index contributed by atoms with van der Waals surface area (Å²) in [6, 6.07) is 18.8. The summed E-state index contributed by atoms with van der Waals surface area (Å²) in [6.07, 6.45) is 0. The third-order valence-corrected chi connectivity index (χ3v) is 5.34. The molecule has 3 rings (SSSR count). The Labute approximate surface area is 183 Å². The Morgan fingerprint density at radius 3 is 2.50 bits per heavy atom. The average Bonchev–Trinajstić information content (AvgIpc) is 2.69. The van der Waals surface area contributed by atoms with Crippen molar-refractivity contribution in [3.63, 3.8) is 0 Å². The largest absolute Gasteiger partial charge is 0.493 e. The number of halogens is 2. The van der Waals surface area contributed by atoms with Crippen LogP contribution in [0.3, 0.4) is 0 Å². The van der Waals surface area contributed by atoms with E-state index in [0.717, 1.165) is 14.8 Å². The highest BCUT2D eigenvalue weighted by Crippen LogP contribution is 2.37. The molecule has 0 spiro atoms. The number of anilines is 1. The maximum Gasteiger partial charge on any atom is 0.255 e. The van der Waals surface area contributed by atoms with Crippen LogP contribution in [-0.2, 0) is 6.61 Å². The molecule has 0 aliphatic carbocycles. The molecule has 28 heavy (non-hydrogen) atoms. The molecule has 0 aliphatic rings. The Kier molecular flexibility index (Phi) is 6.80. The molecule has 6 heteroatoms. The van der Waals surface area contributed by atoms with Crippen LogP contribution in [0.4, 0.5) is 5.69 Å². The van der Waals surface area contributed by atoms with Gasteiger partial charge in [-0.3, -0.25) is 4.79 Å². The highest BCUT2D eigenvalue weighted by Gasteiger charge is 2.17. The molecule has 1 amide bonds.